The average Bonchev–Trinajstić information content (AvgIpc) is 2.12. The van der Waals surface area contributed by atoms with Crippen LogP contribution in [0.3, 0.4) is 0 Å². The molecule has 4 nitrogen and oxygen atoms in total. The number of hydrogen-bond acceptors (Lipinski definition) is 3. The molecule has 5 heteroatoms. The van der Waals surface area contributed by atoms with Crippen LogP contribution in [0.1, 0.15) is 0 Å². The molecule has 0 aliphatic carbocycles. The molecule has 0 radical (unpaired) electrons. The van der Waals surface area contributed by atoms with E-state index >= 15 is 0 Å². The van der Waals surface area contributed by atoms with E-state index in [0.29, 0.717) is 10.3 Å². The van der Waals surface area contributed by atoms with Crippen molar-refractivity contribution in [2.24, 2.45) is 0 Å². The number of rotatable bonds is 0. The molecule has 0 fully saturated rings. The highest BCUT2D eigenvalue weighted by Gasteiger charge is 2.04. The van der Waals surface area contributed by atoms with Crippen molar-refractivity contribution in [1.29, 1.82) is 0 Å². The van der Waals surface area contributed by atoms with Gasteiger partial charge in [-0.1, -0.05) is 6.07 Å². The summed E-state index contributed by atoms with van der Waals surface area (Å²) in [6.07, 6.45) is 1.14. The number of pyridine rings is 1. The van der Waals surface area contributed by atoms with E-state index in [1.54, 1.807) is 18.2 Å². The Kier molecular flexibility index (Phi) is 1.81. The SMILES string of the molecule is O=c1c(O)cnc2cccc(Br)n12. The van der Waals surface area contributed by atoms with Crippen LogP contribution in [0.15, 0.2) is 33.8 Å². The maximum Gasteiger partial charge on any atom is 0.300 e. The predicted octanol–water partition coefficient (Wildman–Crippen LogP) is 1.16. The molecule has 66 valence electrons. The van der Waals surface area contributed by atoms with Gasteiger partial charge in [-0.2, -0.15) is 0 Å². The fourth-order valence-corrected chi connectivity index (χ4v) is 1.57. The van der Waals surface area contributed by atoms with Crippen molar-refractivity contribution in [3.63, 3.8) is 0 Å². The molecule has 0 saturated carbocycles. The van der Waals surface area contributed by atoms with Gasteiger partial charge >= 0.3 is 5.56 Å². The number of hydrogen-bond donors (Lipinski definition) is 1. The van der Waals surface area contributed by atoms with Crippen LogP contribution >= 0.6 is 15.9 Å². The highest BCUT2D eigenvalue weighted by Crippen LogP contribution is 2.10. The lowest BCUT2D eigenvalue weighted by molar-refractivity contribution is 0.462. The third kappa shape index (κ3) is 1.21. The summed E-state index contributed by atoms with van der Waals surface area (Å²) in [4.78, 5) is 15.3. The van der Waals surface area contributed by atoms with Gasteiger partial charge in [0.15, 0.2) is 0 Å². The van der Waals surface area contributed by atoms with Crippen molar-refractivity contribution in [3.05, 3.63) is 39.4 Å². The molecule has 13 heavy (non-hydrogen) atoms. The molecular weight excluding hydrogens is 236 g/mol. The zero-order chi connectivity index (χ0) is 9.42. The van der Waals surface area contributed by atoms with Crippen LogP contribution in [0.2, 0.25) is 0 Å². The van der Waals surface area contributed by atoms with E-state index in [9.17, 15) is 4.79 Å². The van der Waals surface area contributed by atoms with Crippen molar-refractivity contribution < 1.29 is 5.11 Å². The minimum Gasteiger partial charge on any atom is -0.502 e. The second-order valence-corrected chi connectivity index (χ2v) is 3.30. The first-order valence-corrected chi connectivity index (χ1v) is 4.35. The first-order valence-electron chi connectivity index (χ1n) is 3.55. The lowest BCUT2D eigenvalue weighted by Gasteiger charge is -2.01. The summed E-state index contributed by atoms with van der Waals surface area (Å²) in [6, 6.07) is 5.16. The summed E-state index contributed by atoms with van der Waals surface area (Å²) < 4.78 is 1.86. The largest absolute Gasteiger partial charge is 0.502 e. The highest BCUT2D eigenvalue weighted by molar-refractivity contribution is 9.10. The molecule has 0 saturated heterocycles. The van der Waals surface area contributed by atoms with Crippen LogP contribution in [-0.4, -0.2) is 14.5 Å². The second-order valence-electron chi connectivity index (χ2n) is 2.49. The van der Waals surface area contributed by atoms with E-state index < -0.39 is 5.56 Å². The van der Waals surface area contributed by atoms with Crippen molar-refractivity contribution >= 4 is 21.6 Å². The number of aromatic hydroxyl groups is 1. The van der Waals surface area contributed by atoms with E-state index in [1.165, 1.54) is 4.40 Å². The summed E-state index contributed by atoms with van der Waals surface area (Å²) in [6.45, 7) is 0. The first kappa shape index (κ1) is 8.25. The summed E-state index contributed by atoms with van der Waals surface area (Å²) >= 11 is 3.19. The monoisotopic (exact) mass is 240 g/mol. The lowest BCUT2D eigenvalue weighted by atomic mass is 10.4. The van der Waals surface area contributed by atoms with Crippen LogP contribution < -0.4 is 5.56 Å². The van der Waals surface area contributed by atoms with Crippen LogP contribution in [0, 0.1) is 0 Å². The molecule has 0 spiro atoms. The Hall–Kier alpha value is -1.36. The standard InChI is InChI=1S/C8H5BrN2O2/c9-6-2-1-3-7-10-4-5(12)8(13)11(6)7/h1-4,12H. The fourth-order valence-electron chi connectivity index (χ4n) is 1.07. The van der Waals surface area contributed by atoms with E-state index in [-0.39, 0.29) is 5.75 Å². The maximum atomic E-state index is 11.4. The average molecular weight is 241 g/mol. The van der Waals surface area contributed by atoms with Gasteiger partial charge in [-0.05, 0) is 28.1 Å². The maximum absolute atomic E-state index is 11.4. The molecule has 0 amide bonds. The molecule has 1 N–H and O–H groups in total. The van der Waals surface area contributed by atoms with Crippen molar-refractivity contribution in [2.45, 2.75) is 0 Å². The first-order chi connectivity index (χ1) is 6.20. The molecule has 2 aromatic rings. The third-order valence-electron chi connectivity index (χ3n) is 1.66. The van der Waals surface area contributed by atoms with Gasteiger partial charge in [0.25, 0.3) is 0 Å². The molecule has 0 aliphatic rings. The fraction of sp³-hybridized carbons (Fsp3) is 0. The van der Waals surface area contributed by atoms with Gasteiger partial charge in [0.05, 0.1) is 10.8 Å². The predicted molar refractivity (Wildman–Crippen MR) is 50.8 cm³/mol. The molecular formula is C8H5BrN2O2. The normalized spacial score (nSPS) is 10.5. The Morgan fingerprint density at radius 2 is 2.23 bits per heavy atom. The van der Waals surface area contributed by atoms with Crippen molar-refractivity contribution in [1.82, 2.24) is 9.38 Å². The molecule has 0 aliphatic heterocycles. The Bertz CT molecular complexity index is 521. The lowest BCUT2D eigenvalue weighted by Crippen LogP contribution is -2.14. The molecule has 0 unspecified atom stereocenters. The quantitative estimate of drug-likeness (QED) is 0.704. The molecule has 0 aromatic carbocycles. The van der Waals surface area contributed by atoms with Gasteiger partial charge in [0.1, 0.15) is 5.65 Å². The summed E-state index contributed by atoms with van der Waals surface area (Å²) in [7, 11) is 0. The molecule has 2 aromatic heterocycles. The minimum absolute atomic E-state index is 0.357. The van der Waals surface area contributed by atoms with E-state index in [2.05, 4.69) is 20.9 Å². The van der Waals surface area contributed by atoms with E-state index in [1.807, 2.05) is 0 Å². The van der Waals surface area contributed by atoms with Crippen molar-refractivity contribution in [2.75, 3.05) is 0 Å². The van der Waals surface area contributed by atoms with Crippen LogP contribution in [-0.2, 0) is 0 Å². The van der Waals surface area contributed by atoms with Crippen LogP contribution in [0.5, 0.6) is 5.75 Å². The number of nitrogens with zero attached hydrogens (tertiary/aromatic N) is 2. The smallest absolute Gasteiger partial charge is 0.300 e. The molecule has 2 rings (SSSR count). The molecule has 0 atom stereocenters. The van der Waals surface area contributed by atoms with E-state index in [0.717, 1.165) is 6.20 Å². The van der Waals surface area contributed by atoms with E-state index in [4.69, 9.17) is 5.11 Å². The van der Waals surface area contributed by atoms with Gasteiger partial charge in [0, 0.05) is 0 Å². The topological polar surface area (TPSA) is 54.6 Å². The zero-order valence-electron chi connectivity index (χ0n) is 6.44. The van der Waals surface area contributed by atoms with Crippen LogP contribution in [0.25, 0.3) is 5.65 Å². The van der Waals surface area contributed by atoms with Gasteiger partial charge in [-0.25, -0.2) is 4.98 Å². The Labute approximate surface area is 81.6 Å². The Balaban J connectivity index is 3.06. The third-order valence-corrected chi connectivity index (χ3v) is 2.28. The zero-order valence-corrected chi connectivity index (χ0v) is 8.02. The number of aromatic nitrogens is 2. The van der Waals surface area contributed by atoms with Crippen LogP contribution in [0.4, 0.5) is 0 Å². The van der Waals surface area contributed by atoms with Gasteiger partial charge in [0.2, 0.25) is 5.75 Å². The second kappa shape index (κ2) is 2.85. The molecule has 2 heterocycles. The summed E-state index contributed by atoms with van der Waals surface area (Å²) in [5, 5.41) is 9.13. The summed E-state index contributed by atoms with van der Waals surface area (Å²) in [5.41, 5.74) is 0.0228. The van der Waals surface area contributed by atoms with Gasteiger partial charge < -0.3 is 5.11 Å². The minimum atomic E-state index is -0.475. The van der Waals surface area contributed by atoms with Gasteiger partial charge in [-0.15, -0.1) is 0 Å². The number of halogens is 1. The number of fused-ring (bicyclic) bond motifs is 1. The Morgan fingerprint density at radius 3 is 3.00 bits per heavy atom. The van der Waals surface area contributed by atoms with Crippen molar-refractivity contribution in [3.8, 4) is 5.75 Å². The summed E-state index contributed by atoms with van der Waals surface area (Å²) in [5.74, 6) is -0.357. The van der Waals surface area contributed by atoms with Gasteiger partial charge in [-0.3, -0.25) is 9.20 Å². The Morgan fingerprint density at radius 1 is 1.46 bits per heavy atom. The molecule has 0 bridgehead atoms. The highest BCUT2D eigenvalue weighted by atomic mass is 79.9.